The number of sulfonamides is 1. The van der Waals surface area contributed by atoms with E-state index >= 15 is 0 Å². The van der Waals surface area contributed by atoms with Gasteiger partial charge in [-0.1, -0.05) is 25.3 Å². The third-order valence-corrected chi connectivity index (χ3v) is 9.31. The molecule has 0 aromatic heterocycles. The zero-order chi connectivity index (χ0) is 21.0. The number of nitrogen functional groups attached to an aromatic ring is 1. The van der Waals surface area contributed by atoms with E-state index in [1.807, 2.05) is 12.1 Å². The van der Waals surface area contributed by atoms with Crippen molar-refractivity contribution in [2.75, 3.05) is 62.2 Å². The highest BCUT2D eigenvalue weighted by Gasteiger charge is 2.31. The lowest BCUT2D eigenvalue weighted by Gasteiger charge is -2.39. The van der Waals surface area contributed by atoms with Gasteiger partial charge in [-0.3, -0.25) is 4.90 Å². The number of piperidine rings is 1. The number of nitrogens with two attached hydrogens (primary N) is 1. The molecule has 0 amide bonds. The van der Waals surface area contributed by atoms with Gasteiger partial charge in [0.25, 0.3) is 0 Å². The first-order valence-electron chi connectivity index (χ1n) is 11.8. The van der Waals surface area contributed by atoms with Gasteiger partial charge in [0.15, 0.2) is 0 Å². The van der Waals surface area contributed by atoms with Crippen LogP contribution in [0.3, 0.4) is 0 Å². The van der Waals surface area contributed by atoms with E-state index in [1.165, 1.54) is 24.9 Å². The van der Waals surface area contributed by atoms with E-state index in [9.17, 15) is 8.42 Å². The molecule has 1 saturated carbocycles. The predicted octanol–water partition coefficient (Wildman–Crippen LogP) is 3.01. The Bertz CT molecular complexity index is 778. The molecule has 0 unspecified atom stereocenters. The Morgan fingerprint density at radius 1 is 0.867 bits per heavy atom. The highest BCUT2D eigenvalue weighted by Crippen LogP contribution is 2.28. The molecule has 3 aliphatic rings. The molecule has 1 aliphatic carbocycles. The summed E-state index contributed by atoms with van der Waals surface area (Å²) in [5, 5.41) is 0. The van der Waals surface area contributed by atoms with Crippen molar-refractivity contribution in [3.05, 3.63) is 24.3 Å². The number of hydrogen-bond donors (Lipinski definition) is 1. The summed E-state index contributed by atoms with van der Waals surface area (Å²) in [6.45, 7) is 6.70. The van der Waals surface area contributed by atoms with Crippen LogP contribution < -0.4 is 10.6 Å². The van der Waals surface area contributed by atoms with Gasteiger partial charge in [0.1, 0.15) is 0 Å². The molecule has 0 radical (unpaired) electrons. The Balaban J connectivity index is 1.20. The van der Waals surface area contributed by atoms with Crippen molar-refractivity contribution >= 4 is 21.4 Å². The number of nitrogens with zero attached hydrogens (tertiary/aromatic N) is 3. The van der Waals surface area contributed by atoms with E-state index in [1.54, 1.807) is 4.31 Å². The van der Waals surface area contributed by atoms with Crippen molar-refractivity contribution in [1.29, 1.82) is 0 Å². The summed E-state index contributed by atoms with van der Waals surface area (Å²) in [6, 6.07) is 8.14. The number of piperazine rings is 1. The molecule has 168 valence electrons. The Labute approximate surface area is 182 Å². The smallest absolute Gasteiger partial charge is 0.214 e. The summed E-state index contributed by atoms with van der Waals surface area (Å²) >= 11 is 0. The van der Waals surface area contributed by atoms with Gasteiger partial charge in [-0.15, -0.1) is 0 Å². The third kappa shape index (κ3) is 5.68. The topological polar surface area (TPSA) is 69.9 Å². The van der Waals surface area contributed by atoms with Crippen molar-refractivity contribution in [1.82, 2.24) is 9.21 Å². The Morgan fingerprint density at radius 2 is 1.57 bits per heavy atom. The van der Waals surface area contributed by atoms with Crippen LogP contribution in [0.15, 0.2) is 24.3 Å². The quantitative estimate of drug-likeness (QED) is 0.697. The van der Waals surface area contributed by atoms with Crippen LogP contribution in [0.1, 0.15) is 44.9 Å². The van der Waals surface area contributed by atoms with E-state index in [0.717, 1.165) is 64.1 Å². The molecule has 6 nitrogen and oxygen atoms in total. The van der Waals surface area contributed by atoms with Crippen LogP contribution >= 0.6 is 0 Å². The number of benzene rings is 1. The average molecular weight is 435 g/mol. The zero-order valence-electron chi connectivity index (χ0n) is 18.2. The first-order valence-corrected chi connectivity index (χ1v) is 13.4. The van der Waals surface area contributed by atoms with E-state index in [-0.39, 0.29) is 0 Å². The molecular formula is C23H38N4O2S. The number of rotatable bonds is 6. The Morgan fingerprint density at radius 3 is 2.23 bits per heavy atom. The van der Waals surface area contributed by atoms with E-state index < -0.39 is 10.0 Å². The van der Waals surface area contributed by atoms with Crippen LogP contribution in [-0.2, 0) is 10.0 Å². The molecule has 0 atom stereocenters. The minimum atomic E-state index is -3.08. The number of hydrogen-bond acceptors (Lipinski definition) is 5. The van der Waals surface area contributed by atoms with Crippen LogP contribution in [0.4, 0.5) is 11.4 Å². The summed E-state index contributed by atoms with van der Waals surface area (Å²) in [4.78, 5) is 4.97. The van der Waals surface area contributed by atoms with Crippen molar-refractivity contribution in [2.24, 2.45) is 11.8 Å². The van der Waals surface area contributed by atoms with Gasteiger partial charge < -0.3 is 10.6 Å². The van der Waals surface area contributed by atoms with Crippen molar-refractivity contribution < 1.29 is 8.42 Å². The maximum atomic E-state index is 12.8. The molecule has 3 fully saturated rings. The predicted molar refractivity (Wildman–Crippen MR) is 124 cm³/mol. The van der Waals surface area contributed by atoms with Crippen molar-refractivity contribution in [3.8, 4) is 0 Å². The van der Waals surface area contributed by atoms with Gasteiger partial charge in [-0.05, 0) is 55.7 Å². The molecule has 0 bridgehead atoms. The van der Waals surface area contributed by atoms with E-state index in [2.05, 4.69) is 21.9 Å². The average Bonchev–Trinajstić information content (AvgIpc) is 2.75. The molecule has 30 heavy (non-hydrogen) atoms. The fraction of sp³-hybridized carbons (Fsp3) is 0.739. The second-order valence-electron chi connectivity index (χ2n) is 9.51. The van der Waals surface area contributed by atoms with E-state index in [4.69, 9.17) is 5.73 Å². The second kappa shape index (κ2) is 9.88. The summed E-state index contributed by atoms with van der Waals surface area (Å²) in [6.07, 6.45) is 7.86. The largest absolute Gasteiger partial charge is 0.399 e. The highest BCUT2D eigenvalue weighted by atomic mass is 32.2. The third-order valence-electron chi connectivity index (χ3n) is 7.26. The fourth-order valence-electron chi connectivity index (χ4n) is 5.40. The summed E-state index contributed by atoms with van der Waals surface area (Å²) in [7, 11) is -3.08. The Hall–Kier alpha value is -1.31. The molecule has 1 aromatic carbocycles. The van der Waals surface area contributed by atoms with Gasteiger partial charge in [0.05, 0.1) is 5.75 Å². The summed E-state index contributed by atoms with van der Waals surface area (Å²) in [5.74, 6) is 1.38. The lowest BCUT2D eigenvalue weighted by Crippen LogP contribution is -2.49. The van der Waals surface area contributed by atoms with Crippen LogP contribution in [0.25, 0.3) is 0 Å². The maximum absolute atomic E-state index is 12.8. The molecule has 0 spiro atoms. The molecule has 2 saturated heterocycles. The number of anilines is 2. The lowest BCUT2D eigenvalue weighted by molar-refractivity contribution is 0.175. The van der Waals surface area contributed by atoms with Crippen molar-refractivity contribution in [2.45, 2.75) is 44.9 Å². The molecule has 7 heteroatoms. The minimum absolute atomic E-state index is 0.379. The standard InChI is InChI=1S/C23H38N4O2S/c24-22-7-4-8-23(17-22)26-15-13-25(14-16-26)18-20-9-11-27(12-10-20)30(28,29)19-21-5-2-1-3-6-21/h4,7-8,17,20-21H,1-3,5-6,9-16,18-19,24H2. The monoisotopic (exact) mass is 434 g/mol. The zero-order valence-corrected chi connectivity index (χ0v) is 19.0. The summed E-state index contributed by atoms with van der Waals surface area (Å²) in [5.41, 5.74) is 7.96. The molecular weight excluding hydrogens is 396 g/mol. The first kappa shape index (κ1) is 21.9. The lowest BCUT2D eigenvalue weighted by atomic mass is 9.91. The Kier molecular flexibility index (Phi) is 7.21. The fourth-order valence-corrected chi connectivity index (χ4v) is 7.31. The van der Waals surface area contributed by atoms with Crippen LogP contribution in [-0.4, -0.2) is 69.2 Å². The first-order chi connectivity index (χ1) is 14.5. The van der Waals surface area contributed by atoms with Crippen LogP contribution in [0, 0.1) is 11.8 Å². The van der Waals surface area contributed by atoms with Gasteiger partial charge in [0, 0.05) is 57.2 Å². The summed E-state index contributed by atoms with van der Waals surface area (Å²) < 4.78 is 27.5. The normalized spacial score (nSPS) is 23.7. The van der Waals surface area contributed by atoms with E-state index in [0.29, 0.717) is 30.7 Å². The highest BCUT2D eigenvalue weighted by molar-refractivity contribution is 7.89. The molecule has 1 aromatic rings. The van der Waals surface area contributed by atoms with Gasteiger partial charge >= 0.3 is 0 Å². The van der Waals surface area contributed by atoms with Crippen LogP contribution in [0.5, 0.6) is 0 Å². The van der Waals surface area contributed by atoms with Gasteiger partial charge in [-0.25, -0.2) is 12.7 Å². The second-order valence-corrected chi connectivity index (χ2v) is 11.5. The van der Waals surface area contributed by atoms with Gasteiger partial charge in [-0.2, -0.15) is 0 Å². The minimum Gasteiger partial charge on any atom is -0.399 e. The van der Waals surface area contributed by atoms with Crippen LogP contribution in [0.2, 0.25) is 0 Å². The molecule has 2 heterocycles. The molecule has 4 rings (SSSR count). The molecule has 2 N–H and O–H groups in total. The molecule has 2 aliphatic heterocycles. The van der Waals surface area contributed by atoms with Gasteiger partial charge in [0.2, 0.25) is 10.0 Å². The van der Waals surface area contributed by atoms with Crippen molar-refractivity contribution in [3.63, 3.8) is 0 Å². The maximum Gasteiger partial charge on any atom is 0.214 e. The SMILES string of the molecule is Nc1cccc(N2CCN(CC3CCN(S(=O)(=O)CC4CCCCC4)CC3)CC2)c1.